The van der Waals surface area contributed by atoms with Crippen LogP contribution in [0.3, 0.4) is 0 Å². The van der Waals surface area contributed by atoms with Gasteiger partial charge in [0.15, 0.2) is 0 Å². The summed E-state index contributed by atoms with van der Waals surface area (Å²) in [6.45, 7) is 10.1. The van der Waals surface area contributed by atoms with Gasteiger partial charge < -0.3 is 4.57 Å². The second kappa shape index (κ2) is 4.60. The Labute approximate surface area is 122 Å². The molecule has 3 rings (SSSR count). The van der Waals surface area contributed by atoms with E-state index in [0.717, 1.165) is 36.0 Å². The first-order valence-corrected chi connectivity index (χ1v) is 7.64. The number of aromatic nitrogens is 2. The fourth-order valence-corrected chi connectivity index (χ4v) is 3.17. The Kier molecular flexibility index (Phi) is 3.18. The third-order valence-electron chi connectivity index (χ3n) is 3.94. The normalized spacial score (nSPS) is 17.5. The molecule has 0 amide bonds. The smallest absolute Gasteiger partial charge is 0.111 e. The van der Waals surface area contributed by atoms with E-state index >= 15 is 0 Å². The van der Waals surface area contributed by atoms with Gasteiger partial charge >= 0.3 is 0 Å². The maximum Gasteiger partial charge on any atom is 0.111 e. The van der Waals surface area contributed by atoms with E-state index in [4.69, 9.17) is 4.98 Å². The lowest BCUT2D eigenvalue weighted by Crippen LogP contribution is -2.43. The topological polar surface area (TPSA) is 21.1 Å². The molecule has 1 aromatic heterocycles. The van der Waals surface area contributed by atoms with Gasteiger partial charge in [-0.25, -0.2) is 4.98 Å². The van der Waals surface area contributed by atoms with Crippen molar-refractivity contribution >= 4 is 27.0 Å². The van der Waals surface area contributed by atoms with E-state index in [1.54, 1.807) is 0 Å². The highest BCUT2D eigenvalue weighted by molar-refractivity contribution is 9.10. The van der Waals surface area contributed by atoms with Crippen LogP contribution in [0.2, 0.25) is 0 Å². The largest absolute Gasteiger partial charge is 0.327 e. The fraction of sp³-hybridized carbons (Fsp3) is 0.533. The number of benzene rings is 1. The highest BCUT2D eigenvalue weighted by Crippen LogP contribution is 2.24. The van der Waals surface area contributed by atoms with Gasteiger partial charge in [0.25, 0.3) is 0 Å². The summed E-state index contributed by atoms with van der Waals surface area (Å²) in [5.74, 6) is 1.22. The van der Waals surface area contributed by atoms with Gasteiger partial charge in [0, 0.05) is 36.1 Å². The fourth-order valence-electron chi connectivity index (χ4n) is 2.82. The number of rotatable bonds is 0. The second-order valence-corrected chi connectivity index (χ2v) is 7.14. The number of nitrogens with zero attached hydrogens (tertiary/aromatic N) is 3. The maximum absolute atomic E-state index is 4.79. The molecule has 0 atom stereocenters. The maximum atomic E-state index is 4.79. The number of hydrogen-bond donors (Lipinski definition) is 0. The Hall–Kier alpha value is -0.870. The van der Waals surface area contributed by atoms with Gasteiger partial charge in [0.05, 0.1) is 11.0 Å². The Balaban J connectivity index is 1.98. The average molecular weight is 322 g/mol. The van der Waals surface area contributed by atoms with Gasteiger partial charge in [-0.15, -0.1) is 0 Å². The van der Waals surface area contributed by atoms with Gasteiger partial charge in [0.2, 0.25) is 0 Å². The summed E-state index contributed by atoms with van der Waals surface area (Å²) in [5.41, 5.74) is 2.60. The molecule has 0 N–H and O–H groups in total. The van der Waals surface area contributed by atoms with Crippen LogP contribution < -0.4 is 0 Å². The van der Waals surface area contributed by atoms with Crippen LogP contribution in [-0.2, 0) is 13.0 Å². The van der Waals surface area contributed by atoms with Crippen LogP contribution in [0, 0.1) is 0 Å². The highest BCUT2D eigenvalue weighted by atomic mass is 79.9. The zero-order valence-corrected chi connectivity index (χ0v) is 13.4. The predicted octanol–water partition coefficient (Wildman–Crippen LogP) is 3.46. The van der Waals surface area contributed by atoms with Crippen LogP contribution in [0.4, 0.5) is 0 Å². The van der Waals surface area contributed by atoms with E-state index in [1.807, 2.05) is 0 Å². The van der Waals surface area contributed by atoms with Crippen LogP contribution >= 0.6 is 15.9 Å². The molecule has 2 aromatic rings. The molecule has 0 unspecified atom stereocenters. The first kappa shape index (κ1) is 13.1. The molecule has 102 valence electrons. The van der Waals surface area contributed by atoms with E-state index < -0.39 is 0 Å². The van der Waals surface area contributed by atoms with E-state index in [2.05, 4.69) is 64.4 Å². The molecular weight excluding hydrogens is 302 g/mol. The summed E-state index contributed by atoms with van der Waals surface area (Å²) >= 11 is 3.56. The van der Waals surface area contributed by atoms with Crippen LogP contribution in [-0.4, -0.2) is 33.1 Å². The van der Waals surface area contributed by atoms with E-state index in [1.165, 1.54) is 11.3 Å². The molecule has 1 aromatic carbocycles. The summed E-state index contributed by atoms with van der Waals surface area (Å²) in [7, 11) is 0. The molecular formula is C15H20BrN3. The molecule has 1 aliphatic heterocycles. The van der Waals surface area contributed by atoms with Crippen molar-refractivity contribution in [3.63, 3.8) is 0 Å². The third kappa shape index (κ3) is 2.43. The molecule has 4 heteroatoms. The van der Waals surface area contributed by atoms with E-state index in [9.17, 15) is 0 Å². The van der Waals surface area contributed by atoms with Crippen LogP contribution in [0.5, 0.6) is 0 Å². The van der Waals surface area contributed by atoms with Crippen molar-refractivity contribution in [2.24, 2.45) is 0 Å². The van der Waals surface area contributed by atoms with E-state index in [0.29, 0.717) is 0 Å². The molecule has 0 saturated carbocycles. The van der Waals surface area contributed by atoms with Gasteiger partial charge in [-0.1, -0.05) is 15.9 Å². The summed E-state index contributed by atoms with van der Waals surface area (Å²) in [6.07, 6.45) is 1.03. The molecule has 0 aliphatic carbocycles. The molecule has 2 heterocycles. The summed E-state index contributed by atoms with van der Waals surface area (Å²) in [4.78, 5) is 7.33. The van der Waals surface area contributed by atoms with Gasteiger partial charge in [-0.05, 0) is 39.0 Å². The lowest BCUT2D eigenvalue weighted by Gasteiger charge is -2.34. The number of imidazole rings is 1. The minimum Gasteiger partial charge on any atom is -0.327 e. The summed E-state index contributed by atoms with van der Waals surface area (Å²) < 4.78 is 3.51. The van der Waals surface area contributed by atoms with Gasteiger partial charge in [-0.3, -0.25) is 4.90 Å². The number of halogens is 1. The van der Waals surface area contributed by atoms with Crippen LogP contribution in [0.25, 0.3) is 11.0 Å². The molecule has 0 radical (unpaired) electrons. The minimum absolute atomic E-state index is 0.237. The van der Waals surface area contributed by atoms with Crippen molar-refractivity contribution in [1.29, 1.82) is 0 Å². The minimum atomic E-state index is 0.237. The monoisotopic (exact) mass is 321 g/mol. The number of fused-ring (bicyclic) bond motifs is 3. The van der Waals surface area contributed by atoms with Crippen molar-refractivity contribution in [3.8, 4) is 0 Å². The van der Waals surface area contributed by atoms with Crippen molar-refractivity contribution < 1.29 is 0 Å². The van der Waals surface area contributed by atoms with Crippen molar-refractivity contribution in [1.82, 2.24) is 14.5 Å². The van der Waals surface area contributed by atoms with Crippen LogP contribution in [0.15, 0.2) is 22.7 Å². The van der Waals surface area contributed by atoms with Crippen molar-refractivity contribution in [2.45, 2.75) is 39.3 Å². The average Bonchev–Trinajstić information content (AvgIpc) is 2.53. The van der Waals surface area contributed by atoms with Crippen LogP contribution in [0.1, 0.15) is 26.6 Å². The lowest BCUT2D eigenvalue weighted by atomic mass is 10.1. The quantitative estimate of drug-likeness (QED) is 0.741. The summed E-state index contributed by atoms with van der Waals surface area (Å²) in [5, 5.41) is 0. The second-order valence-electron chi connectivity index (χ2n) is 6.22. The van der Waals surface area contributed by atoms with Gasteiger partial charge in [-0.2, -0.15) is 0 Å². The summed E-state index contributed by atoms with van der Waals surface area (Å²) in [6, 6.07) is 6.35. The van der Waals surface area contributed by atoms with E-state index in [-0.39, 0.29) is 5.54 Å². The Morgan fingerprint density at radius 1 is 1.16 bits per heavy atom. The predicted molar refractivity (Wildman–Crippen MR) is 82.5 cm³/mol. The Bertz CT molecular complexity index is 610. The highest BCUT2D eigenvalue weighted by Gasteiger charge is 2.25. The first-order chi connectivity index (χ1) is 8.95. The molecule has 0 bridgehead atoms. The van der Waals surface area contributed by atoms with Crippen molar-refractivity contribution in [3.05, 3.63) is 28.5 Å². The Morgan fingerprint density at radius 3 is 2.68 bits per heavy atom. The molecule has 0 spiro atoms. The zero-order chi connectivity index (χ0) is 13.6. The molecule has 0 fully saturated rings. The third-order valence-corrected chi connectivity index (χ3v) is 4.43. The standard InChI is InChI=1S/C15H20BrN3/c1-15(2,3)18-7-6-14-17-12-5-4-11(16)10-13(12)19(14)9-8-18/h4-5,10H,6-9H2,1-3H3. The molecule has 0 saturated heterocycles. The zero-order valence-electron chi connectivity index (χ0n) is 11.8. The SMILES string of the molecule is CC(C)(C)N1CCc2nc3ccc(Br)cc3n2CC1. The molecule has 3 nitrogen and oxygen atoms in total. The molecule has 19 heavy (non-hydrogen) atoms. The van der Waals surface area contributed by atoms with Gasteiger partial charge in [0.1, 0.15) is 5.82 Å². The molecule has 1 aliphatic rings. The number of hydrogen-bond acceptors (Lipinski definition) is 2. The lowest BCUT2D eigenvalue weighted by molar-refractivity contribution is 0.140. The first-order valence-electron chi connectivity index (χ1n) is 6.85. The van der Waals surface area contributed by atoms with Crippen molar-refractivity contribution in [2.75, 3.05) is 13.1 Å². The Morgan fingerprint density at radius 2 is 1.95 bits per heavy atom.